The molecule has 0 atom stereocenters. The number of nitrogen functional groups attached to an aromatic ring is 1. The van der Waals surface area contributed by atoms with Gasteiger partial charge in [0.2, 0.25) is 0 Å². The summed E-state index contributed by atoms with van der Waals surface area (Å²) in [6.07, 6.45) is 0. The molecule has 0 unspecified atom stereocenters. The zero-order chi connectivity index (χ0) is 12.9. The molecule has 0 amide bonds. The molecule has 4 nitrogen and oxygen atoms in total. The van der Waals surface area contributed by atoms with Crippen LogP contribution in [0.3, 0.4) is 0 Å². The van der Waals surface area contributed by atoms with Gasteiger partial charge in [-0.25, -0.2) is 4.98 Å². The lowest BCUT2D eigenvalue weighted by Gasteiger charge is -2.19. The molecule has 2 N–H and O–H groups in total. The summed E-state index contributed by atoms with van der Waals surface area (Å²) in [6.45, 7) is 6.57. The van der Waals surface area contributed by atoms with Crippen molar-refractivity contribution >= 4 is 27.8 Å². The van der Waals surface area contributed by atoms with Crippen molar-refractivity contribution in [1.82, 2.24) is 10.1 Å². The highest BCUT2D eigenvalue weighted by molar-refractivity contribution is 5.95. The first kappa shape index (κ1) is 11.0. The fourth-order valence-electron chi connectivity index (χ4n) is 2.02. The van der Waals surface area contributed by atoms with Gasteiger partial charge >= 0.3 is 0 Å². The Morgan fingerprint density at radius 3 is 2.67 bits per heavy atom. The molecular weight excluding hydrogens is 226 g/mol. The second-order valence-electron chi connectivity index (χ2n) is 5.57. The average molecular weight is 241 g/mol. The van der Waals surface area contributed by atoms with Gasteiger partial charge in [0, 0.05) is 5.39 Å². The molecule has 18 heavy (non-hydrogen) atoms. The van der Waals surface area contributed by atoms with E-state index in [-0.39, 0.29) is 5.41 Å². The third kappa shape index (κ3) is 1.61. The minimum atomic E-state index is 0.114. The Morgan fingerprint density at radius 1 is 1.17 bits per heavy atom. The van der Waals surface area contributed by atoms with Crippen LogP contribution >= 0.6 is 0 Å². The highest BCUT2D eigenvalue weighted by atomic mass is 16.5. The molecule has 0 aliphatic heterocycles. The van der Waals surface area contributed by atoms with Crippen molar-refractivity contribution in [2.75, 3.05) is 5.73 Å². The number of hydrogen-bond acceptors (Lipinski definition) is 4. The van der Waals surface area contributed by atoms with Crippen molar-refractivity contribution in [2.24, 2.45) is 0 Å². The maximum atomic E-state index is 5.75. The van der Waals surface area contributed by atoms with Crippen LogP contribution < -0.4 is 5.73 Å². The summed E-state index contributed by atoms with van der Waals surface area (Å²) in [6, 6.07) is 8.24. The summed E-state index contributed by atoms with van der Waals surface area (Å²) in [5.74, 6) is 0.389. The second-order valence-corrected chi connectivity index (χ2v) is 5.57. The molecule has 0 aliphatic rings. The minimum absolute atomic E-state index is 0.114. The van der Waals surface area contributed by atoms with Gasteiger partial charge in [0.15, 0.2) is 5.82 Å². The van der Waals surface area contributed by atoms with Crippen LogP contribution in [-0.2, 0) is 5.41 Å². The highest BCUT2D eigenvalue weighted by Crippen LogP contribution is 2.28. The van der Waals surface area contributed by atoms with Crippen molar-refractivity contribution in [1.29, 1.82) is 0 Å². The van der Waals surface area contributed by atoms with Crippen molar-refractivity contribution in [3.8, 4) is 0 Å². The Bertz CT molecular complexity index is 738. The second kappa shape index (κ2) is 3.45. The molecule has 1 aromatic carbocycles. The van der Waals surface area contributed by atoms with Gasteiger partial charge in [0.25, 0.3) is 5.71 Å². The molecule has 0 spiro atoms. The van der Waals surface area contributed by atoms with Crippen molar-refractivity contribution in [3.05, 3.63) is 29.8 Å². The summed E-state index contributed by atoms with van der Waals surface area (Å²) in [5, 5.41) is 5.56. The molecule has 0 radical (unpaired) electrons. The summed E-state index contributed by atoms with van der Waals surface area (Å²) in [7, 11) is 0. The van der Waals surface area contributed by atoms with Crippen LogP contribution in [-0.4, -0.2) is 10.1 Å². The van der Waals surface area contributed by atoms with Gasteiger partial charge in [-0.1, -0.05) is 32.0 Å². The Hall–Kier alpha value is -2.10. The quantitative estimate of drug-likeness (QED) is 0.656. The summed E-state index contributed by atoms with van der Waals surface area (Å²) < 4.78 is 5.07. The molecule has 2 heterocycles. The zero-order valence-electron chi connectivity index (χ0n) is 10.7. The van der Waals surface area contributed by atoms with Gasteiger partial charge in [-0.2, -0.15) is 0 Å². The van der Waals surface area contributed by atoms with Crippen LogP contribution in [0.25, 0.3) is 22.0 Å². The number of aromatic nitrogens is 2. The first-order valence-electron chi connectivity index (χ1n) is 5.91. The van der Waals surface area contributed by atoms with Crippen molar-refractivity contribution in [3.63, 3.8) is 0 Å². The van der Waals surface area contributed by atoms with E-state index in [9.17, 15) is 0 Å². The molecule has 2 aromatic heterocycles. The van der Waals surface area contributed by atoms with Gasteiger partial charge in [-0.15, -0.1) is 0 Å². The molecule has 0 aliphatic carbocycles. The predicted molar refractivity (Wildman–Crippen MR) is 72.4 cm³/mol. The van der Waals surface area contributed by atoms with E-state index in [1.54, 1.807) is 0 Å². The first-order valence-corrected chi connectivity index (χ1v) is 5.91. The maximum absolute atomic E-state index is 5.75. The molecule has 0 saturated heterocycles. The van der Waals surface area contributed by atoms with Crippen LogP contribution in [0, 0.1) is 0 Å². The number of anilines is 1. The molecule has 0 fully saturated rings. The fraction of sp³-hybridized carbons (Fsp3) is 0.286. The average Bonchev–Trinajstić information content (AvgIpc) is 2.66. The number of rotatable bonds is 0. The Kier molecular flexibility index (Phi) is 2.11. The van der Waals surface area contributed by atoms with Gasteiger partial charge < -0.3 is 10.3 Å². The monoisotopic (exact) mass is 241 g/mol. The third-order valence-corrected chi connectivity index (χ3v) is 3.15. The molecule has 4 heteroatoms. The first-order chi connectivity index (χ1) is 8.45. The van der Waals surface area contributed by atoms with Crippen molar-refractivity contribution < 1.29 is 4.52 Å². The molecule has 0 saturated carbocycles. The standard InChI is InChI=1S/C14H15N3O/c1-14(2,3)9-4-5-11-8(6-9)7-10-12(15)17-18-13(10)16-11/h4-7H,1-3H3,(H2,15,17). The molecule has 3 aromatic rings. The van der Waals surface area contributed by atoms with Gasteiger partial charge in [0.05, 0.1) is 10.9 Å². The zero-order valence-corrected chi connectivity index (χ0v) is 10.7. The molecule has 92 valence electrons. The maximum Gasteiger partial charge on any atom is 0.260 e. The van der Waals surface area contributed by atoms with Crippen LogP contribution in [0.2, 0.25) is 0 Å². The van der Waals surface area contributed by atoms with E-state index in [2.05, 4.69) is 43.0 Å². The smallest absolute Gasteiger partial charge is 0.260 e. The fourth-order valence-corrected chi connectivity index (χ4v) is 2.02. The van der Waals surface area contributed by atoms with Crippen LogP contribution in [0.4, 0.5) is 5.82 Å². The minimum Gasteiger partial charge on any atom is -0.380 e. The number of fused-ring (bicyclic) bond motifs is 2. The summed E-state index contributed by atoms with van der Waals surface area (Å²) in [5.41, 5.74) is 8.51. The predicted octanol–water partition coefficient (Wildman–Crippen LogP) is 3.26. The van der Waals surface area contributed by atoms with Gasteiger partial charge in [-0.3, -0.25) is 0 Å². The number of nitrogens with two attached hydrogens (primary N) is 1. The SMILES string of the molecule is CC(C)(C)c1ccc2nc3onc(N)c3cc2c1. The normalized spacial score (nSPS) is 12.4. The molecule has 3 rings (SSSR count). The summed E-state index contributed by atoms with van der Waals surface area (Å²) in [4.78, 5) is 4.41. The van der Waals surface area contributed by atoms with Crippen LogP contribution in [0.15, 0.2) is 28.8 Å². The van der Waals surface area contributed by atoms with E-state index in [1.165, 1.54) is 5.56 Å². The lowest BCUT2D eigenvalue weighted by molar-refractivity contribution is 0.453. The van der Waals surface area contributed by atoms with E-state index in [0.29, 0.717) is 11.5 Å². The number of nitrogens with zero attached hydrogens (tertiary/aromatic N) is 2. The topological polar surface area (TPSA) is 64.9 Å². The largest absolute Gasteiger partial charge is 0.380 e. The van der Waals surface area contributed by atoms with E-state index in [0.717, 1.165) is 16.3 Å². The van der Waals surface area contributed by atoms with E-state index < -0.39 is 0 Å². The van der Waals surface area contributed by atoms with Crippen molar-refractivity contribution in [2.45, 2.75) is 26.2 Å². The van der Waals surface area contributed by atoms with Gasteiger partial charge in [0.1, 0.15) is 0 Å². The Morgan fingerprint density at radius 2 is 1.94 bits per heavy atom. The van der Waals surface area contributed by atoms with Crippen LogP contribution in [0.5, 0.6) is 0 Å². The van der Waals surface area contributed by atoms with E-state index in [4.69, 9.17) is 10.3 Å². The molecular formula is C14H15N3O. The number of hydrogen-bond donors (Lipinski definition) is 1. The van der Waals surface area contributed by atoms with E-state index in [1.807, 2.05) is 12.1 Å². The number of benzene rings is 1. The highest BCUT2D eigenvalue weighted by Gasteiger charge is 2.15. The lowest BCUT2D eigenvalue weighted by atomic mass is 9.86. The molecule has 0 bridgehead atoms. The third-order valence-electron chi connectivity index (χ3n) is 3.15. The number of pyridine rings is 1. The van der Waals surface area contributed by atoms with Crippen LogP contribution in [0.1, 0.15) is 26.3 Å². The van der Waals surface area contributed by atoms with E-state index >= 15 is 0 Å². The Labute approximate surface area is 105 Å². The summed E-state index contributed by atoms with van der Waals surface area (Å²) >= 11 is 0. The lowest BCUT2D eigenvalue weighted by Crippen LogP contribution is -2.10. The Balaban J connectivity index is 2.32. The van der Waals surface area contributed by atoms with Gasteiger partial charge in [-0.05, 0) is 29.2 Å².